The van der Waals surface area contributed by atoms with Crippen LogP contribution in [0.25, 0.3) is 5.82 Å². The van der Waals surface area contributed by atoms with Crippen LogP contribution in [0.1, 0.15) is 34.1 Å². The SMILES string of the molecule is CCCNC(=O)Nc1ccc(Nc2nc(N)n(-c3cc(N4C[C@@H](C)N(C(C)=O)[C@@H](C)C4)ncn3)n2)cc1. The molecule has 0 saturated carbocycles. The Morgan fingerprint density at radius 2 is 1.70 bits per heavy atom. The number of nitrogens with two attached hydrogens (primary N) is 1. The fourth-order valence-corrected chi connectivity index (χ4v) is 4.48. The van der Waals surface area contributed by atoms with Crippen LogP contribution in [0.15, 0.2) is 36.7 Å². The van der Waals surface area contributed by atoms with Gasteiger partial charge in [-0.3, -0.25) is 4.79 Å². The molecular weight excluding hydrogens is 474 g/mol. The largest absolute Gasteiger partial charge is 0.368 e. The molecule has 13 heteroatoms. The first-order valence-corrected chi connectivity index (χ1v) is 12.3. The minimum atomic E-state index is -0.246. The molecule has 2 atom stereocenters. The van der Waals surface area contributed by atoms with Crippen LogP contribution in [0.4, 0.5) is 33.9 Å². The van der Waals surface area contributed by atoms with Gasteiger partial charge in [0.2, 0.25) is 17.8 Å². The molecule has 3 amide bonds. The van der Waals surface area contributed by atoms with E-state index in [4.69, 9.17) is 5.73 Å². The van der Waals surface area contributed by atoms with E-state index in [1.165, 1.54) is 11.0 Å². The molecule has 2 aromatic heterocycles. The summed E-state index contributed by atoms with van der Waals surface area (Å²) in [5.74, 6) is 1.75. The van der Waals surface area contributed by atoms with Crippen LogP contribution in [0.3, 0.4) is 0 Å². The van der Waals surface area contributed by atoms with Crippen molar-refractivity contribution in [1.82, 2.24) is 34.9 Å². The number of amides is 3. The number of rotatable bonds is 7. The Labute approximate surface area is 215 Å². The van der Waals surface area contributed by atoms with Gasteiger partial charge in [-0.2, -0.15) is 9.67 Å². The fourth-order valence-electron chi connectivity index (χ4n) is 4.48. The Morgan fingerprint density at radius 1 is 1.05 bits per heavy atom. The van der Waals surface area contributed by atoms with Gasteiger partial charge in [-0.05, 0) is 44.5 Å². The number of nitrogen functional groups attached to an aromatic ring is 1. The molecule has 1 aliphatic rings. The normalized spacial score (nSPS) is 17.4. The van der Waals surface area contributed by atoms with E-state index in [1.54, 1.807) is 31.2 Å². The summed E-state index contributed by atoms with van der Waals surface area (Å²) < 4.78 is 1.44. The molecule has 3 heterocycles. The predicted octanol–water partition coefficient (Wildman–Crippen LogP) is 2.36. The minimum Gasteiger partial charge on any atom is -0.368 e. The molecule has 0 radical (unpaired) electrons. The molecule has 0 unspecified atom stereocenters. The summed E-state index contributed by atoms with van der Waals surface area (Å²) in [6.45, 7) is 9.58. The molecule has 0 aliphatic carbocycles. The number of anilines is 5. The fraction of sp³-hybridized carbons (Fsp3) is 0.417. The molecular formula is C24H33N11O2. The van der Waals surface area contributed by atoms with Crippen molar-refractivity contribution in [3.05, 3.63) is 36.7 Å². The van der Waals surface area contributed by atoms with Crippen molar-refractivity contribution in [3.8, 4) is 5.82 Å². The third-order valence-electron chi connectivity index (χ3n) is 6.03. The summed E-state index contributed by atoms with van der Waals surface area (Å²) in [6, 6.07) is 8.83. The van der Waals surface area contributed by atoms with E-state index in [1.807, 2.05) is 31.7 Å². The van der Waals surface area contributed by atoms with E-state index >= 15 is 0 Å². The third kappa shape index (κ3) is 6.05. The Balaban J connectivity index is 1.45. The van der Waals surface area contributed by atoms with Gasteiger partial charge in [0.05, 0.1) is 0 Å². The highest BCUT2D eigenvalue weighted by atomic mass is 16.2. The molecule has 1 aliphatic heterocycles. The molecule has 1 saturated heterocycles. The molecule has 1 aromatic carbocycles. The van der Waals surface area contributed by atoms with E-state index in [0.717, 1.165) is 17.9 Å². The van der Waals surface area contributed by atoms with Crippen LogP contribution in [-0.4, -0.2) is 73.3 Å². The zero-order valence-electron chi connectivity index (χ0n) is 21.5. The molecule has 5 N–H and O–H groups in total. The summed E-state index contributed by atoms with van der Waals surface area (Å²) in [5, 5.41) is 13.1. The highest BCUT2D eigenvalue weighted by Crippen LogP contribution is 2.23. The van der Waals surface area contributed by atoms with Crippen LogP contribution in [0.2, 0.25) is 0 Å². The van der Waals surface area contributed by atoms with Gasteiger partial charge in [0.25, 0.3) is 0 Å². The molecule has 4 rings (SSSR count). The average Bonchev–Trinajstić information content (AvgIpc) is 3.23. The smallest absolute Gasteiger partial charge is 0.319 e. The number of benzene rings is 1. The number of carbonyl (C=O) groups is 2. The topological polar surface area (TPSA) is 159 Å². The van der Waals surface area contributed by atoms with Crippen LogP contribution >= 0.6 is 0 Å². The van der Waals surface area contributed by atoms with Crippen LogP contribution in [0.5, 0.6) is 0 Å². The van der Waals surface area contributed by atoms with Crippen molar-refractivity contribution < 1.29 is 9.59 Å². The summed E-state index contributed by atoms with van der Waals surface area (Å²) in [7, 11) is 0. The van der Waals surface area contributed by atoms with Gasteiger partial charge in [-0.25, -0.2) is 14.8 Å². The summed E-state index contributed by atoms with van der Waals surface area (Å²) in [5.41, 5.74) is 7.54. The maximum atomic E-state index is 12.0. The number of hydrogen-bond donors (Lipinski definition) is 4. The van der Waals surface area contributed by atoms with E-state index in [0.29, 0.717) is 37.1 Å². The zero-order valence-corrected chi connectivity index (χ0v) is 21.5. The Kier molecular flexibility index (Phi) is 7.70. The Hall–Kier alpha value is -4.42. The van der Waals surface area contributed by atoms with E-state index in [-0.39, 0.29) is 30.0 Å². The number of piperazine rings is 1. The monoisotopic (exact) mass is 507 g/mol. The van der Waals surface area contributed by atoms with Gasteiger partial charge in [0, 0.05) is 56.1 Å². The molecule has 3 aromatic rings. The van der Waals surface area contributed by atoms with Crippen LogP contribution in [0, 0.1) is 0 Å². The number of nitrogens with one attached hydrogen (secondary N) is 3. The number of urea groups is 1. The Morgan fingerprint density at radius 3 is 2.35 bits per heavy atom. The lowest BCUT2D eigenvalue weighted by molar-refractivity contribution is -0.133. The van der Waals surface area contributed by atoms with Gasteiger partial charge in [0.15, 0.2) is 5.82 Å². The van der Waals surface area contributed by atoms with Crippen LogP contribution < -0.4 is 26.6 Å². The molecule has 0 spiro atoms. The first-order chi connectivity index (χ1) is 17.7. The van der Waals surface area contributed by atoms with Crippen molar-refractivity contribution in [2.75, 3.05) is 40.9 Å². The van der Waals surface area contributed by atoms with Crippen molar-refractivity contribution in [2.24, 2.45) is 0 Å². The predicted molar refractivity (Wildman–Crippen MR) is 142 cm³/mol. The second-order valence-electron chi connectivity index (χ2n) is 9.05. The van der Waals surface area contributed by atoms with E-state index in [2.05, 4.69) is 40.9 Å². The Bertz CT molecular complexity index is 1230. The van der Waals surface area contributed by atoms with Gasteiger partial charge >= 0.3 is 6.03 Å². The lowest BCUT2D eigenvalue weighted by Gasteiger charge is -2.44. The quantitative estimate of drug-likeness (QED) is 0.376. The van der Waals surface area contributed by atoms with Crippen molar-refractivity contribution in [3.63, 3.8) is 0 Å². The highest BCUT2D eigenvalue weighted by molar-refractivity contribution is 5.89. The van der Waals surface area contributed by atoms with Crippen LogP contribution in [-0.2, 0) is 4.79 Å². The lowest BCUT2D eigenvalue weighted by Crippen LogP contribution is -2.58. The summed E-state index contributed by atoms with van der Waals surface area (Å²) in [6.07, 6.45) is 2.33. The van der Waals surface area contributed by atoms with Gasteiger partial charge in [0.1, 0.15) is 12.1 Å². The standard InChI is InChI=1S/C24H33N11O2/c1-5-10-26-24(37)30-19-8-6-18(7-9-19)29-23-31-22(25)35(32-23)21-11-20(27-14-28-21)33-12-15(2)34(17(4)36)16(3)13-33/h6-9,11,14-16H,5,10,12-13H2,1-4H3,(H2,26,30,37)(H3,25,29,31,32)/t15-,16+. The maximum absolute atomic E-state index is 12.0. The zero-order chi connectivity index (χ0) is 26.5. The summed E-state index contributed by atoms with van der Waals surface area (Å²) >= 11 is 0. The van der Waals surface area contributed by atoms with E-state index in [9.17, 15) is 9.59 Å². The summed E-state index contributed by atoms with van der Waals surface area (Å²) in [4.78, 5) is 40.9. The third-order valence-corrected chi connectivity index (χ3v) is 6.03. The van der Waals surface area contributed by atoms with Gasteiger partial charge in [-0.1, -0.05) is 6.92 Å². The lowest BCUT2D eigenvalue weighted by atomic mass is 10.1. The van der Waals surface area contributed by atoms with Gasteiger partial charge in [-0.15, -0.1) is 5.10 Å². The number of aromatic nitrogens is 5. The molecule has 37 heavy (non-hydrogen) atoms. The highest BCUT2D eigenvalue weighted by Gasteiger charge is 2.31. The number of carbonyl (C=O) groups excluding carboxylic acids is 2. The van der Waals surface area contributed by atoms with Crippen molar-refractivity contribution in [2.45, 2.75) is 46.2 Å². The maximum Gasteiger partial charge on any atom is 0.319 e. The number of nitrogens with zero attached hydrogens (tertiary/aromatic N) is 7. The average molecular weight is 508 g/mol. The molecule has 0 bridgehead atoms. The molecule has 13 nitrogen and oxygen atoms in total. The number of hydrogen-bond acceptors (Lipinski definition) is 9. The van der Waals surface area contributed by atoms with E-state index < -0.39 is 0 Å². The molecule has 196 valence electrons. The minimum absolute atomic E-state index is 0.0548. The van der Waals surface area contributed by atoms with Gasteiger partial charge < -0.3 is 31.5 Å². The molecule has 1 fully saturated rings. The van der Waals surface area contributed by atoms with Crippen molar-refractivity contribution in [1.29, 1.82) is 0 Å². The first-order valence-electron chi connectivity index (χ1n) is 12.3. The first kappa shape index (κ1) is 25.7. The van der Waals surface area contributed by atoms with Crippen molar-refractivity contribution >= 4 is 41.0 Å². The second-order valence-corrected chi connectivity index (χ2v) is 9.05. The second kappa shape index (κ2) is 11.1.